The smallest absolute Gasteiger partial charge is 0.236 e. The number of aromatic amines is 1. The van der Waals surface area contributed by atoms with Crippen LogP contribution in [0.15, 0.2) is 48.7 Å². The number of benzene rings is 2. The van der Waals surface area contributed by atoms with E-state index in [2.05, 4.69) is 14.9 Å². The minimum absolute atomic E-state index is 0.173. The van der Waals surface area contributed by atoms with Crippen molar-refractivity contribution in [3.63, 3.8) is 0 Å². The molecule has 0 fully saturated rings. The van der Waals surface area contributed by atoms with Gasteiger partial charge < -0.3 is 0 Å². The third-order valence-corrected chi connectivity index (χ3v) is 4.63. The number of nitrogens with zero attached hydrogens (tertiary/aromatic N) is 1. The molecule has 2 N–H and O–H groups in total. The first-order chi connectivity index (χ1) is 10.0. The minimum atomic E-state index is -3.53. The van der Waals surface area contributed by atoms with E-state index in [9.17, 15) is 8.42 Å². The number of anilines is 1. The third-order valence-electron chi connectivity index (χ3n) is 3.02. The van der Waals surface area contributed by atoms with Crippen molar-refractivity contribution in [3.8, 4) is 0 Å². The normalized spacial score (nSPS) is 11.7. The molecule has 0 amide bonds. The van der Waals surface area contributed by atoms with Gasteiger partial charge in [-0.05, 0) is 29.8 Å². The Labute approximate surface area is 127 Å². The summed E-state index contributed by atoms with van der Waals surface area (Å²) in [5.41, 5.74) is 1.82. The molecule has 0 bridgehead atoms. The maximum atomic E-state index is 12.2. The zero-order chi connectivity index (χ0) is 14.9. The fourth-order valence-corrected chi connectivity index (χ4v) is 3.54. The summed E-state index contributed by atoms with van der Waals surface area (Å²) < 4.78 is 26.9. The lowest BCUT2D eigenvalue weighted by molar-refractivity contribution is 0.600. The summed E-state index contributed by atoms with van der Waals surface area (Å²) in [6.07, 6.45) is 1.68. The molecule has 0 atom stereocenters. The fourth-order valence-electron chi connectivity index (χ4n) is 2.04. The maximum Gasteiger partial charge on any atom is 0.236 e. The summed E-state index contributed by atoms with van der Waals surface area (Å²) in [6, 6.07) is 12.1. The van der Waals surface area contributed by atoms with Gasteiger partial charge >= 0.3 is 0 Å². The van der Waals surface area contributed by atoms with Crippen LogP contribution in [-0.4, -0.2) is 18.6 Å². The van der Waals surface area contributed by atoms with E-state index in [0.29, 0.717) is 16.3 Å². The zero-order valence-electron chi connectivity index (χ0n) is 10.9. The van der Waals surface area contributed by atoms with Crippen molar-refractivity contribution in [1.82, 2.24) is 10.2 Å². The van der Waals surface area contributed by atoms with E-state index in [-0.39, 0.29) is 5.75 Å². The van der Waals surface area contributed by atoms with E-state index in [4.69, 9.17) is 11.6 Å². The second kappa shape index (κ2) is 5.38. The second-order valence-electron chi connectivity index (χ2n) is 4.62. The van der Waals surface area contributed by atoms with Crippen LogP contribution in [0.4, 0.5) is 5.69 Å². The Balaban J connectivity index is 1.84. The molecule has 21 heavy (non-hydrogen) atoms. The van der Waals surface area contributed by atoms with Crippen LogP contribution in [0.2, 0.25) is 5.02 Å². The Hall–Kier alpha value is -2.05. The molecule has 2 aromatic carbocycles. The molecule has 0 aliphatic carbocycles. The highest BCUT2D eigenvalue weighted by molar-refractivity contribution is 7.91. The topological polar surface area (TPSA) is 74.8 Å². The Morgan fingerprint density at radius 3 is 2.81 bits per heavy atom. The summed E-state index contributed by atoms with van der Waals surface area (Å²) in [5.74, 6) is -0.173. The van der Waals surface area contributed by atoms with Gasteiger partial charge in [-0.25, -0.2) is 8.42 Å². The van der Waals surface area contributed by atoms with Crippen LogP contribution < -0.4 is 4.72 Å². The standard InChI is InChI=1S/C14H12ClN3O2S/c15-13-4-2-1-3-11(13)9-21(19,20)18-12-6-5-10-8-16-17-14(10)7-12/h1-8,18H,9H2,(H,16,17). The Kier molecular flexibility index (Phi) is 3.57. The molecule has 3 aromatic rings. The quantitative estimate of drug-likeness (QED) is 0.775. The Morgan fingerprint density at radius 1 is 1.19 bits per heavy atom. The molecule has 0 saturated heterocycles. The lowest BCUT2D eigenvalue weighted by Crippen LogP contribution is -2.15. The molecule has 7 heteroatoms. The number of fused-ring (bicyclic) bond motifs is 1. The molecule has 108 valence electrons. The molecule has 0 saturated carbocycles. The van der Waals surface area contributed by atoms with Gasteiger partial charge in [0.15, 0.2) is 0 Å². The first kappa shape index (κ1) is 13.9. The Morgan fingerprint density at radius 2 is 2.00 bits per heavy atom. The van der Waals surface area contributed by atoms with E-state index in [1.165, 1.54) is 0 Å². The molecule has 1 aromatic heterocycles. The number of rotatable bonds is 4. The predicted octanol–water partition coefficient (Wildman–Crippen LogP) is 3.16. The van der Waals surface area contributed by atoms with E-state index < -0.39 is 10.0 Å². The average Bonchev–Trinajstić information content (AvgIpc) is 2.88. The van der Waals surface area contributed by atoms with Crippen molar-refractivity contribution in [2.24, 2.45) is 0 Å². The average molecular weight is 322 g/mol. The van der Waals surface area contributed by atoms with Crippen molar-refractivity contribution < 1.29 is 8.42 Å². The summed E-state index contributed by atoms with van der Waals surface area (Å²) in [6.45, 7) is 0. The van der Waals surface area contributed by atoms with Crippen molar-refractivity contribution in [2.75, 3.05) is 4.72 Å². The Bertz CT molecular complexity index is 890. The summed E-state index contributed by atoms with van der Waals surface area (Å²) in [4.78, 5) is 0. The number of H-pyrrole nitrogens is 1. The summed E-state index contributed by atoms with van der Waals surface area (Å²) in [5, 5.41) is 8.05. The molecular weight excluding hydrogens is 310 g/mol. The fraction of sp³-hybridized carbons (Fsp3) is 0.0714. The highest BCUT2D eigenvalue weighted by Crippen LogP contribution is 2.21. The van der Waals surface area contributed by atoms with Gasteiger partial charge in [0.1, 0.15) is 0 Å². The maximum absolute atomic E-state index is 12.2. The SMILES string of the molecule is O=S(=O)(Cc1ccccc1Cl)Nc1ccc2cn[nH]c2c1. The molecule has 0 unspecified atom stereocenters. The van der Waals surface area contributed by atoms with Crippen LogP contribution >= 0.6 is 11.6 Å². The lowest BCUT2D eigenvalue weighted by Gasteiger charge is -2.09. The van der Waals surface area contributed by atoms with Crippen LogP contribution in [0.1, 0.15) is 5.56 Å². The summed E-state index contributed by atoms with van der Waals surface area (Å²) in [7, 11) is -3.53. The molecule has 0 radical (unpaired) electrons. The van der Waals surface area contributed by atoms with E-state index in [1.807, 2.05) is 0 Å². The lowest BCUT2D eigenvalue weighted by atomic mass is 10.2. The monoisotopic (exact) mass is 321 g/mol. The number of nitrogens with one attached hydrogen (secondary N) is 2. The first-order valence-corrected chi connectivity index (χ1v) is 8.23. The number of aromatic nitrogens is 2. The van der Waals surface area contributed by atoms with Gasteiger partial charge in [-0.1, -0.05) is 29.8 Å². The van der Waals surface area contributed by atoms with Crippen molar-refractivity contribution >= 4 is 38.2 Å². The van der Waals surface area contributed by atoms with Crippen molar-refractivity contribution in [2.45, 2.75) is 5.75 Å². The van der Waals surface area contributed by atoms with E-state index >= 15 is 0 Å². The number of hydrogen-bond acceptors (Lipinski definition) is 3. The van der Waals surface area contributed by atoms with E-state index in [1.54, 1.807) is 48.7 Å². The van der Waals surface area contributed by atoms with Gasteiger partial charge in [-0.3, -0.25) is 9.82 Å². The molecule has 1 heterocycles. The molecule has 5 nitrogen and oxygen atoms in total. The number of halogens is 1. The van der Waals surface area contributed by atoms with Crippen molar-refractivity contribution in [3.05, 3.63) is 59.2 Å². The molecular formula is C14H12ClN3O2S. The number of hydrogen-bond donors (Lipinski definition) is 2. The summed E-state index contributed by atoms with van der Waals surface area (Å²) >= 11 is 5.99. The zero-order valence-corrected chi connectivity index (χ0v) is 12.4. The van der Waals surface area contributed by atoms with Gasteiger partial charge in [0, 0.05) is 10.4 Å². The predicted molar refractivity (Wildman–Crippen MR) is 83.8 cm³/mol. The van der Waals surface area contributed by atoms with Gasteiger partial charge in [0.25, 0.3) is 0 Å². The molecule has 0 spiro atoms. The third kappa shape index (κ3) is 3.17. The van der Waals surface area contributed by atoms with Crippen LogP contribution in [0.3, 0.4) is 0 Å². The van der Waals surface area contributed by atoms with Crippen molar-refractivity contribution in [1.29, 1.82) is 0 Å². The highest BCUT2D eigenvalue weighted by Gasteiger charge is 2.14. The van der Waals surface area contributed by atoms with Gasteiger partial charge in [-0.2, -0.15) is 5.10 Å². The molecule has 3 rings (SSSR count). The van der Waals surface area contributed by atoms with Crippen LogP contribution in [0, 0.1) is 0 Å². The van der Waals surface area contributed by atoms with Crippen LogP contribution in [0.5, 0.6) is 0 Å². The van der Waals surface area contributed by atoms with Gasteiger partial charge in [0.05, 0.1) is 23.2 Å². The van der Waals surface area contributed by atoms with Gasteiger partial charge in [-0.15, -0.1) is 0 Å². The van der Waals surface area contributed by atoms with Crippen LogP contribution in [0.25, 0.3) is 10.9 Å². The first-order valence-electron chi connectivity index (χ1n) is 6.20. The van der Waals surface area contributed by atoms with Gasteiger partial charge in [0.2, 0.25) is 10.0 Å². The molecule has 0 aliphatic heterocycles. The minimum Gasteiger partial charge on any atom is -0.283 e. The number of sulfonamides is 1. The largest absolute Gasteiger partial charge is 0.283 e. The second-order valence-corrected chi connectivity index (χ2v) is 6.75. The van der Waals surface area contributed by atoms with E-state index in [0.717, 1.165) is 10.9 Å². The molecule has 0 aliphatic rings. The van der Waals surface area contributed by atoms with Crippen LogP contribution in [-0.2, 0) is 15.8 Å². The highest BCUT2D eigenvalue weighted by atomic mass is 35.5.